The fraction of sp³-hybridized carbons (Fsp3) is 0.389. The number of benzene rings is 1. The van der Waals surface area contributed by atoms with Crippen molar-refractivity contribution in [1.29, 1.82) is 0 Å². The minimum absolute atomic E-state index is 0.174. The number of ether oxygens (including phenoxy) is 1. The molecule has 0 aliphatic carbocycles. The van der Waals surface area contributed by atoms with Gasteiger partial charge >= 0.3 is 0 Å². The van der Waals surface area contributed by atoms with Crippen molar-refractivity contribution in [2.24, 2.45) is 0 Å². The molecule has 0 unspecified atom stereocenters. The van der Waals surface area contributed by atoms with Crippen LogP contribution in [0.15, 0.2) is 36.7 Å². The normalized spacial score (nSPS) is 14.4. The SMILES string of the molecule is O=C(NCCCn1nnc2ccccc21)c1cnc(N2CCOCC2)nc1. The first kappa shape index (κ1) is 17.3. The van der Waals surface area contributed by atoms with Crippen LogP contribution >= 0.6 is 0 Å². The van der Waals surface area contributed by atoms with Crippen molar-refractivity contribution in [3.63, 3.8) is 0 Å². The zero-order chi connectivity index (χ0) is 18.5. The summed E-state index contributed by atoms with van der Waals surface area (Å²) in [5.41, 5.74) is 2.33. The molecule has 1 aliphatic heterocycles. The van der Waals surface area contributed by atoms with Crippen LogP contribution in [-0.4, -0.2) is 63.7 Å². The van der Waals surface area contributed by atoms with Gasteiger partial charge in [-0.05, 0) is 18.6 Å². The van der Waals surface area contributed by atoms with Gasteiger partial charge in [-0.3, -0.25) is 4.79 Å². The van der Waals surface area contributed by atoms with Crippen molar-refractivity contribution < 1.29 is 9.53 Å². The molecule has 0 spiro atoms. The van der Waals surface area contributed by atoms with E-state index >= 15 is 0 Å². The smallest absolute Gasteiger partial charge is 0.254 e. The number of anilines is 1. The Balaban J connectivity index is 1.26. The maximum Gasteiger partial charge on any atom is 0.254 e. The third kappa shape index (κ3) is 4.03. The molecule has 0 bridgehead atoms. The van der Waals surface area contributed by atoms with Crippen molar-refractivity contribution >= 4 is 22.9 Å². The molecule has 1 saturated heterocycles. The molecular weight excluding hydrogens is 346 g/mol. The summed E-state index contributed by atoms with van der Waals surface area (Å²) >= 11 is 0. The average Bonchev–Trinajstić information content (AvgIpc) is 3.15. The van der Waals surface area contributed by atoms with Crippen LogP contribution in [0.3, 0.4) is 0 Å². The number of fused-ring (bicyclic) bond motifs is 1. The molecule has 0 saturated carbocycles. The Kier molecular flexibility index (Phi) is 5.20. The third-order valence-corrected chi connectivity index (χ3v) is 4.45. The number of aryl methyl sites for hydroxylation is 1. The largest absolute Gasteiger partial charge is 0.378 e. The maximum atomic E-state index is 12.2. The van der Waals surface area contributed by atoms with Crippen LogP contribution in [0.25, 0.3) is 11.0 Å². The van der Waals surface area contributed by atoms with E-state index in [1.165, 1.54) is 0 Å². The topological polar surface area (TPSA) is 98.1 Å². The number of para-hydroxylation sites is 1. The van der Waals surface area contributed by atoms with Gasteiger partial charge in [-0.1, -0.05) is 17.3 Å². The van der Waals surface area contributed by atoms with E-state index in [9.17, 15) is 4.79 Å². The third-order valence-electron chi connectivity index (χ3n) is 4.45. The highest BCUT2D eigenvalue weighted by atomic mass is 16.5. The Hall–Kier alpha value is -3.07. The first-order chi connectivity index (χ1) is 13.3. The van der Waals surface area contributed by atoms with Crippen LogP contribution in [0.2, 0.25) is 0 Å². The Morgan fingerprint density at radius 1 is 1.15 bits per heavy atom. The average molecular weight is 367 g/mol. The van der Waals surface area contributed by atoms with E-state index in [1.807, 2.05) is 33.8 Å². The molecule has 27 heavy (non-hydrogen) atoms. The lowest BCUT2D eigenvalue weighted by molar-refractivity contribution is 0.0951. The first-order valence-electron chi connectivity index (χ1n) is 9.02. The summed E-state index contributed by atoms with van der Waals surface area (Å²) in [5, 5.41) is 11.2. The molecule has 9 heteroatoms. The Labute approximate surface area is 156 Å². The van der Waals surface area contributed by atoms with Crippen molar-refractivity contribution in [1.82, 2.24) is 30.3 Å². The zero-order valence-electron chi connectivity index (χ0n) is 14.9. The standard InChI is InChI=1S/C18H21N7O2/c26-17(14-12-20-18(21-13-14)24-8-10-27-11-9-24)19-6-3-7-25-16-5-2-1-4-15(16)22-23-25/h1-2,4-5,12-13H,3,6-11H2,(H,19,26). The molecule has 1 amide bonds. The van der Waals surface area contributed by atoms with Crippen LogP contribution < -0.4 is 10.2 Å². The van der Waals surface area contributed by atoms with E-state index in [1.54, 1.807) is 12.4 Å². The zero-order valence-corrected chi connectivity index (χ0v) is 14.9. The van der Waals surface area contributed by atoms with E-state index in [-0.39, 0.29) is 5.91 Å². The molecule has 9 nitrogen and oxygen atoms in total. The van der Waals surface area contributed by atoms with E-state index < -0.39 is 0 Å². The van der Waals surface area contributed by atoms with Crippen LogP contribution in [0, 0.1) is 0 Å². The summed E-state index contributed by atoms with van der Waals surface area (Å²) in [6, 6.07) is 7.82. The second-order valence-corrected chi connectivity index (χ2v) is 6.28. The van der Waals surface area contributed by atoms with Gasteiger partial charge in [0, 0.05) is 38.6 Å². The molecule has 0 radical (unpaired) electrons. The minimum Gasteiger partial charge on any atom is -0.378 e. The number of aromatic nitrogens is 5. The van der Waals surface area contributed by atoms with E-state index in [0.29, 0.717) is 37.8 Å². The summed E-state index contributed by atoms with van der Waals surface area (Å²) in [7, 11) is 0. The molecule has 3 aromatic rings. The summed E-state index contributed by atoms with van der Waals surface area (Å²) in [6.07, 6.45) is 3.89. The van der Waals surface area contributed by atoms with Crippen molar-refractivity contribution in [2.45, 2.75) is 13.0 Å². The molecule has 140 valence electrons. The summed E-state index contributed by atoms with van der Waals surface area (Å²) < 4.78 is 7.17. The van der Waals surface area contributed by atoms with Gasteiger partial charge in [0.15, 0.2) is 0 Å². The lowest BCUT2D eigenvalue weighted by Crippen LogP contribution is -2.37. The Morgan fingerprint density at radius 2 is 1.93 bits per heavy atom. The molecule has 4 rings (SSSR count). The highest BCUT2D eigenvalue weighted by molar-refractivity contribution is 5.93. The second-order valence-electron chi connectivity index (χ2n) is 6.28. The fourth-order valence-corrected chi connectivity index (χ4v) is 2.98. The van der Waals surface area contributed by atoms with Crippen molar-refractivity contribution in [3.8, 4) is 0 Å². The highest BCUT2D eigenvalue weighted by Crippen LogP contribution is 2.10. The minimum atomic E-state index is -0.174. The number of rotatable bonds is 6. The highest BCUT2D eigenvalue weighted by Gasteiger charge is 2.14. The van der Waals surface area contributed by atoms with Crippen molar-refractivity contribution in [2.75, 3.05) is 37.7 Å². The van der Waals surface area contributed by atoms with E-state index in [4.69, 9.17) is 4.74 Å². The molecule has 1 aliphatic rings. The lowest BCUT2D eigenvalue weighted by atomic mass is 10.3. The van der Waals surface area contributed by atoms with Gasteiger partial charge in [-0.15, -0.1) is 5.10 Å². The molecule has 2 aromatic heterocycles. The predicted molar refractivity (Wildman–Crippen MR) is 99.5 cm³/mol. The second kappa shape index (κ2) is 8.09. The number of nitrogens with zero attached hydrogens (tertiary/aromatic N) is 6. The summed E-state index contributed by atoms with van der Waals surface area (Å²) in [4.78, 5) is 22.9. The number of carbonyl (C=O) groups is 1. The van der Waals surface area contributed by atoms with Crippen LogP contribution in [-0.2, 0) is 11.3 Å². The van der Waals surface area contributed by atoms with E-state index in [2.05, 4.69) is 25.6 Å². The van der Waals surface area contributed by atoms with Crippen LogP contribution in [0.1, 0.15) is 16.8 Å². The van der Waals surface area contributed by atoms with Gasteiger partial charge < -0.3 is 15.0 Å². The van der Waals surface area contributed by atoms with Gasteiger partial charge in [0.2, 0.25) is 5.95 Å². The molecular formula is C18H21N7O2. The molecule has 3 heterocycles. The number of hydrogen-bond donors (Lipinski definition) is 1. The van der Waals surface area contributed by atoms with Gasteiger partial charge in [0.05, 0.1) is 24.3 Å². The molecule has 1 aromatic carbocycles. The number of amides is 1. The van der Waals surface area contributed by atoms with Gasteiger partial charge in [-0.2, -0.15) is 0 Å². The van der Waals surface area contributed by atoms with Crippen LogP contribution in [0.4, 0.5) is 5.95 Å². The van der Waals surface area contributed by atoms with Gasteiger partial charge in [0.25, 0.3) is 5.91 Å². The fourth-order valence-electron chi connectivity index (χ4n) is 2.98. The Morgan fingerprint density at radius 3 is 2.74 bits per heavy atom. The van der Waals surface area contributed by atoms with Crippen LogP contribution in [0.5, 0.6) is 0 Å². The first-order valence-corrected chi connectivity index (χ1v) is 9.02. The number of carbonyl (C=O) groups excluding carboxylic acids is 1. The number of morpholine rings is 1. The Bertz CT molecular complexity index is 903. The van der Waals surface area contributed by atoms with Gasteiger partial charge in [-0.25, -0.2) is 14.6 Å². The number of hydrogen-bond acceptors (Lipinski definition) is 7. The van der Waals surface area contributed by atoms with Crippen molar-refractivity contribution in [3.05, 3.63) is 42.2 Å². The molecule has 1 N–H and O–H groups in total. The van der Waals surface area contributed by atoms with E-state index in [0.717, 1.165) is 30.5 Å². The monoisotopic (exact) mass is 367 g/mol. The number of nitrogens with one attached hydrogen (secondary N) is 1. The molecule has 1 fully saturated rings. The maximum absolute atomic E-state index is 12.2. The van der Waals surface area contributed by atoms with Gasteiger partial charge in [0.1, 0.15) is 5.52 Å². The molecule has 0 atom stereocenters. The quantitative estimate of drug-likeness (QED) is 0.646. The summed E-state index contributed by atoms with van der Waals surface area (Å²) in [5.74, 6) is 0.458. The predicted octanol–water partition coefficient (Wildman–Crippen LogP) is 0.878. The summed E-state index contributed by atoms with van der Waals surface area (Å²) in [6.45, 7) is 4.11. The lowest BCUT2D eigenvalue weighted by Gasteiger charge is -2.26.